The fraction of sp³-hybridized carbons (Fsp3) is 0.128. The van der Waals surface area contributed by atoms with E-state index in [0.29, 0.717) is 17.8 Å². The molecule has 0 saturated carbocycles. The molecule has 0 N–H and O–H groups in total. The maximum atomic E-state index is 5.12. The Kier molecular flexibility index (Phi) is 24.1. The molecular weight excluding hydrogens is 1550 g/mol. The van der Waals surface area contributed by atoms with Crippen molar-refractivity contribution in [3.63, 3.8) is 0 Å². The number of benzene rings is 17. The standard InChI is InChI=1S/2C27H22N2.3C21H18N2/c1-18(2)25-26(22-13-8-12-21(17-22)19-9-4-3-5-10-19)28-24-16-15-20-11-6-7-14-23(20)27(24)29-25;1-18(2)25-26(22-14-12-20(13-15-22)19-8-4-3-5-9-19)28-24-17-16-21-10-6-7-11-23(21)27(24)29-25;1-14(2)19-20(16-9-4-3-5-10-16)22-18-13-12-15-8-6-7-11-17(15)21(18)23-19;1-14(2)19-20(16-9-4-3-5-10-16)23-21-17-11-7-6-8-15(17)12-13-18(21)22-19;1-14(2)20-21(15-8-4-3-5-9-15)23-19-13-17-11-7-6-10-16(17)12-18(19)22-20/h2*3-18H,1-2H3;3*3-14H,1-2H3. The van der Waals surface area contributed by atoms with Crippen molar-refractivity contribution >= 4 is 109 Å². The van der Waals surface area contributed by atoms with Crippen molar-refractivity contribution in [2.45, 2.75) is 98.8 Å². The minimum absolute atomic E-state index is 0.279. The van der Waals surface area contributed by atoms with Crippen LogP contribution in [0.3, 0.4) is 0 Å². The van der Waals surface area contributed by atoms with Gasteiger partial charge in [-0.05, 0) is 127 Å². The van der Waals surface area contributed by atoms with E-state index in [-0.39, 0.29) is 11.8 Å². The van der Waals surface area contributed by atoms with Crippen molar-refractivity contribution in [2.75, 3.05) is 0 Å². The molecule has 10 heteroatoms. The summed E-state index contributed by atoms with van der Waals surface area (Å²) >= 11 is 0. The van der Waals surface area contributed by atoms with Gasteiger partial charge in [0.25, 0.3) is 0 Å². The molecule has 0 amide bonds. The lowest BCUT2D eigenvalue weighted by molar-refractivity contribution is 0.825. The molecule has 0 fully saturated rings. The van der Waals surface area contributed by atoms with Crippen LogP contribution in [0, 0.1) is 0 Å². The molecule has 17 aromatic carbocycles. The molecule has 127 heavy (non-hydrogen) atoms. The van der Waals surface area contributed by atoms with Crippen molar-refractivity contribution in [2.24, 2.45) is 0 Å². The van der Waals surface area contributed by atoms with Gasteiger partial charge in [0.15, 0.2) is 0 Å². The van der Waals surface area contributed by atoms with Crippen molar-refractivity contribution in [1.82, 2.24) is 49.8 Å². The molecule has 0 unspecified atom stereocenters. The molecule has 0 aliphatic heterocycles. The second-order valence-corrected chi connectivity index (χ2v) is 33.9. The van der Waals surface area contributed by atoms with Gasteiger partial charge in [-0.2, -0.15) is 0 Å². The monoisotopic (exact) mass is 1640 g/mol. The second kappa shape index (κ2) is 37.0. The van der Waals surface area contributed by atoms with Gasteiger partial charge in [0.05, 0.1) is 112 Å². The number of nitrogens with zero attached hydrogens (tertiary/aromatic N) is 10. The Bertz CT molecular complexity index is 7640. The van der Waals surface area contributed by atoms with Gasteiger partial charge in [0.1, 0.15) is 0 Å². The Morgan fingerprint density at radius 1 is 0.142 bits per heavy atom. The summed E-state index contributed by atoms with van der Waals surface area (Å²) in [6, 6.07) is 132. The molecule has 616 valence electrons. The van der Waals surface area contributed by atoms with Crippen LogP contribution in [0.15, 0.2) is 382 Å². The van der Waals surface area contributed by atoms with E-state index in [9.17, 15) is 0 Å². The van der Waals surface area contributed by atoms with E-state index in [2.05, 4.69) is 397 Å². The highest BCUT2D eigenvalue weighted by molar-refractivity contribution is 6.08. The quantitative estimate of drug-likeness (QED) is 0.0861. The lowest BCUT2D eigenvalue weighted by Gasteiger charge is -2.14. The van der Waals surface area contributed by atoms with E-state index in [1.807, 2.05) is 54.6 Å². The molecule has 10 nitrogen and oxygen atoms in total. The van der Waals surface area contributed by atoms with E-state index in [1.54, 1.807) is 0 Å². The van der Waals surface area contributed by atoms with Crippen LogP contribution >= 0.6 is 0 Å². The van der Waals surface area contributed by atoms with E-state index >= 15 is 0 Å². The van der Waals surface area contributed by atoms with Crippen LogP contribution in [-0.4, -0.2) is 49.8 Å². The summed E-state index contributed by atoms with van der Waals surface area (Å²) in [6.45, 7) is 21.8. The van der Waals surface area contributed by atoms with Gasteiger partial charge in [-0.3, -0.25) is 0 Å². The summed E-state index contributed by atoms with van der Waals surface area (Å²) in [7, 11) is 0. The smallest absolute Gasteiger partial charge is 0.0972 e. The first-order chi connectivity index (χ1) is 62.1. The van der Waals surface area contributed by atoms with Gasteiger partial charge in [-0.15, -0.1) is 0 Å². The molecule has 0 saturated heterocycles. The van der Waals surface area contributed by atoms with Crippen molar-refractivity contribution in [3.8, 4) is 78.5 Å². The Morgan fingerprint density at radius 2 is 0.362 bits per heavy atom. The second-order valence-electron chi connectivity index (χ2n) is 33.9. The van der Waals surface area contributed by atoms with Gasteiger partial charge >= 0.3 is 0 Å². The highest BCUT2D eigenvalue weighted by atomic mass is 14.9. The zero-order valence-electron chi connectivity index (χ0n) is 73.2. The largest absolute Gasteiger partial charge is 0.249 e. The predicted molar refractivity (Wildman–Crippen MR) is 534 cm³/mol. The molecule has 5 heterocycles. The molecule has 0 atom stereocenters. The molecule has 5 aromatic heterocycles. The van der Waals surface area contributed by atoms with Crippen LogP contribution in [0.2, 0.25) is 0 Å². The van der Waals surface area contributed by atoms with E-state index in [4.69, 9.17) is 49.8 Å². The minimum Gasteiger partial charge on any atom is -0.249 e. The highest BCUT2D eigenvalue weighted by Crippen LogP contribution is 2.39. The van der Waals surface area contributed by atoms with Crippen LogP contribution in [0.25, 0.3) is 188 Å². The predicted octanol–water partition coefficient (Wildman–Crippen LogP) is 31.2. The molecule has 22 rings (SSSR count). The lowest BCUT2D eigenvalue weighted by Crippen LogP contribution is -2.01. The third-order valence-corrected chi connectivity index (χ3v) is 23.3. The molecule has 22 aromatic rings. The summed E-state index contributed by atoms with van der Waals surface area (Å²) in [6.07, 6.45) is 0. The zero-order valence-corrected chi connectivity index (χ0v) is 73.2. The maximum Gasteiger partial charge on any atom is 0.0972 e. The number of hydrogen-bond acceptors (Lipinski definition) is 10. The first-order valence-corrected chi connectivity index (χ1v) is 44.1. The SMILES string of the molecule is CC(C)c1nc2c(ccc3ccccc32)nc1-c1ccc(-c2ccccc2)cc1.CC(C)c1nc2c(ccc3ccccc32)nc1-c1cccc(-c2ccccc2)c1.CC(C)c1nc2c(ccc3ccccc32)nc1-c1ccccc1.CC(C)c1nc2cc3ccccc3cc2nc1-c1ccccc1.CC(C)c1nc2ccc3ccccc3c2nc1-c1ccccc1. The third-order valence-electron chi connectivity index (χ3n) is 23.3. The number of fused-ring (bicyclic) bond motifs is 14. The summed E-state index contributed by atoms with van der Waals surface area (Å²) in [5.41, 5.74) is 30.2. The summed E-state index contributed by atoms with van der Waals surface area (Å²) in [4.78, 5) is 50.2. The average Bonchev–Trinajstić information content (AvgIpc) is 0.778. The Balaban J connectivity index is 0.000000108. The Labute approximate surface area is 742 Å². The average molecular weight is 1640 g/mol. The summed E-state index contributed by atoms with van der Waals surface area (Å²) < 4.78 is 0. The minimum atomic E-state index is 0.279. The zero-order chi connectivity index (χ0) is 87.0. The molecule has 0 aliphatic rings. The van der Waals surface area contributed by atoms with E-state index in [1.165, 1.54) is 60.0 Å². The number of aromatic nitrogens is 10. The van der Waals surface area contributed by atoms with Crippen LogP contribution in [0.5, 0.6) is 0 Å². The Hall–Kier alpha value is -15.3. The first kappa shape index (κ1) is 82.7. The van der Waals surface area contributed by atoms with E-state index in [0.717, 1.165) is 156 Å². The summed E-state index contributed by atoms with van der Waals surface area (Å²) in [5.74, 6) is 1.54. The number of rotatable bonds is 12. The van der Waals surface area contributed by atoms with Crippen molar-refractivity contribution < 1.29 is 0 Å². The molecule has 0 spiro atoms. The number of hydrogen-bond donors (Lipinski definition) is 0. The van der Waals surface area contributed by atoms with Gasteiger partial charge < -0.3 is 0 Å². The van der Waals surface area contributed by atoms with Crippen LogP contribution in [0.1, 0.15) is 127 Å². The molecular formula is C117H98N10. The first-order valence-electron chi connectivity index (χ1n) is 44.1. The topological polar surface area (TPSA) is 129 Å². The maximum absolute atomic E-state index is 5.12. The fourth-order valence-corrected chi connectivity index (χ4v) is 16.8. The molecule has 0 aliphatic carbocycles. The third kappa shape index (κ3) is 17.7. The lowest BCUT2D eigenvalue weighted by atomic mass is 9.97. The van der Waals surface area contributed by atoms with Gasteiger partial charge in [0.2, 0.25) is 0 Å². The van der Waals surface area contributed by atoms with Crippen LogP contribution < -0.4 is 0 Å². The molecule has 0 bridgehead atoms. The highest BCUT2D eigenvalue weighted by Gasteiger charge is 2.22. The Morgan fingerprint density at radius 3 is 0.717 bits per heavy atom. The normalized spacial score (nSPS) is 11.4. The van der Waals surface area contributed by atoms with Crippen LogP contribution in [0.4, 0.5) is 0 Å². The van der Waals surface area contributed by atoms with Crippen molar-refractivity contribution in [3.05, 3.63) is 411 Å². The van der Waals surface area contributed by atoms with E-state index < -0.39 is 0 Å². The van der Waals surface area contributed by atoms with Gasteiger partial charge in [-0.25, -0.2) is 49.8 Å². The molecule has 0 radical (unpaired) electrons. The van der Waals surface area contributed by atoms with Gasteiger partial charge in [0, 0.05) is 49.4 Å². The van der Waals surface area contributed by atoms with Crippen molar-refractivity contribution in [1.29, 1.82) is 0 Å². The van der Waals surface area contributed by atoms with Crippen LogP contribution in [-0.2, 0) is 0 Å². The summed E-state index contributed by atoms with van der Waals surface area (Å²) in [5, 5.41) is 11.8. The fourth-order valence-electron chi connectivity index (χ4n) is 16.8. The van der Waals surface area contributed by atoms with Gasteiger partial charge in [-0.1, -0.05) is 409 Å².